The summed E-state index contributed by atoms with van der Waals surface area (Å²) in [6.45, 7) is 0. The Balaban J connectivity index is 1.59. The van der Waals surface area contributed by atoms with E-state index < -0.39 is 6.04 Å². The van der Waals surface area contributed by atoms with Crippen molar-refractivity contribution in [3.8, 4) is 11.3 Å². The van der Waals surface area contributed by atoms with Crippen LogP contribution in [0, 0.1) is 5.82 Å². The minimum atomic E-state index is -0.408. The van der Waals surface area contributed by atoms with E-state index in [4.69, 9.17) is 4.42 Å². The maximum Gasteiger partial charge on any atom is 0.287 e. The van der Waals surface area contributed by atoms with E-state index in [1.54, 1.807) is 30.5 Å². The lowest BCUT2D eigenvalue weighted by atomic mass is 10.0. The summed E-state index contributed by atoms with van der Waals surface area (Å²) in [5, 5.41) is 2.98. The molecule has 138 valence electrons. The molecule has 0 aliphatic rings. The van der Waals surface area contributed by atoms with E-state index >= 15 is 0 Å². The number of nitrogens with one attached hydrogen (secondary N) is 1. The highest BCUT2D eigenvalue weighted by Gasteiger charge is 2.21. The SMILES string of the molecule is O=C(NC(c1ccccc1)c1ccccn1)c1ccc(-c2ccc(F)cc2)o1. The molecule has 2 aromatic carbocycles. The molecular weight excluding hydrogens is 355 g/mol. The second-order valence-corrected chi connectivity index (χ2v) is 6.24. The van der Waals surface area contributed by atoms with E-state index in [0.717, 1.165) is 11.3 Å². The fourth-order valence-electron chi connectivity index (χ4n) is 2.95. The van der Waals surface area contributed by atoms with E-state index in [0.29, 0.717) is 11.3 Å². The largest absolute Gasteiger partial charge is 0.451 e. The molecule has 0 saturated carbocycles. The molecule has 0 bridgehead atoms. The third-order valence-electron chi connectivity index (χ3n) is 4.35. The number of benzene rings is 2. The Bertz CT molecular complexity index is 1020. The van der Waals surface area contributed by atoms with Gasteiger partial charge in [-0.2, -0.15) is 0 Å². The summed E-state index contributed by atoms with van der Waals surface area (Å²) >= 11 is 0. The zero-order valence-corrected chi connectivity index (χ0v) is 14.9. The molecule has 0 saturated heterocycles. The van der Waals surface area contributed by atoms with Crippen molar-refractivity contribution in [1.29, 1.82) is 0 Å². The second-order valence-electron chi connectivity index (χ2n) is 6.24. The number of hydrogen-bond donors (Lipinski definition) is 1. The zero-order valence-electron chi connectivity index (χ0n) is 14.9. The van der Waals surface area contributed by atoms with Gasteiger partial charge in [-0.25, -0.2) is 4.39 Å². The molecule has 0 radical (unpaired) electrons. The molecule has 4 nitrogen and oxygen atoms in total. The van der Waals surface area contributed by atoms with Gasteiger partial charge in [0.2, 0.25) is 0 Å². The van der Waals surface area contributed by atoms with Gasteiger partial charge < -0.3 is 9.73 Å². The van der Waals surface area contributed by atoms with Crippen molar-refractivity contribution in [1.82, 2.24) is 10.3 Å². The lowest BCUT2D eigenvalue weighted by molar-refractivity contribution is 0.0915. The normalized spacial score (nSPS) is 11.8. The van der Waals surface area contributed by atoms with E-state index in [2.05, 4.69) is 10.3 Å². The summed E-state index contributed by atoms with van der Waals surface area (Å²) in [5.74, 6) is -0.00219. The molecule has 1 N–H and O–H groups in total. The van der Waals surface area contributed by atoms with Crippen molar-refractivity contribution in [3.63, 3.8) is 0 Å². The highest BCUT2D eigenvalue weighted by molar-refractivity contribution is 5.92. The van der Waals surface area contributed by atoms with Crippen LogP contribution in [0.1, 0.15) is 27.9 Å². The quantitative estimate of drug-likeness (QED) is 0.536. The molecule has 0 fully saturated rings. The topological polar surface area (TPSA) is 55.1 Å². The van der Waals surface area contributed by atoms with Gasteiger partial charge in [0.05, 0.1) is 11.7 Å². The van der Waals surface area contributed by atoms with Crippen molar-refractivity contribution in [2.45, 2.75) is 6.04 Å². The molecule has 2 heterocycles. The smallest absolute Gasteiger partial charge is 0.287 e. The summed E-state index contributed by atoms with van der Waals surface area (Å²) < 4.78 is 18.8. The number of nitrogens with zero attached hydrogens (tertiary/aromatic N) is 1. The number of furan rings is 1. The number of carbonyl (C=O) groups excluding carboxylic acids is 1. The number of pyridine rings is 1. The van der Waals surface area contributed by atoms with Crippen LogP contribution in [0.15, 0.2) is 95.5 Å². The van der Waals surface area contributed by atoms with Crippen LogP contribution in [0.25, 0.3) is 11.3 Å². The van der Waals surface area contributed by atoms with Gasteiger partial charge in [0.25, 0.3) is 5.91 Å². The number of halogens is 1. The number of hydrogen-bond acceptors (Lipinski definition) is 3. The molecule has 2 aromatic heterocycles. The molecule has 0 aliphatic heterocycles. The average Bonchev–Trinajstić information content (AvgIpc) is 3.24. The Morgan fingerprint density at radius 3 is 2.36 bits per heavy atom. The summed E-state index contributed by atoms with van der Waals surface area (Å²) in [4.78, 5) is 17.2. The fourth-order valence-corrected chi connectivity index (χ4v) is 2.95. The summed E-state index contributed by atoms with van der Waals surface area (Å²) in [6, 6.07) is 24.0. The first-order valence-electron chi connectivity index (χ1n) is 8.83. The lowest BCUT2D eigenvalue weighted by Crippen LogP contribution is -2.29. The molecule has 0 aliphatic carbocycles. The first kappa shape index (κ1) is 17.7. The van der Waals surface area contributed by atoms with Gasteiger partial charge in [-0.3, -0.25) is 9.78 Å². The molecule has 4 rings (SSSR count). The van der Waals surface area contributed by atoms with E-state index in [-0.39, 0.29) is 17.5 Å². The van der Waals surface area contributed by atoms with Crippen LogP contribution in [0.4, 0.5) is 4.39 Å². The van der Waals surface area contributed by atoms with Crippen molar-refractivity contribution in [2.24, 2.45) is 0 Å². The van der Waals surface area contributed by atoms with Crippen LogP contribution in [0.5, 0.6) is 0 Å². The van der Waals surface area contributed by atoms with Gasteiger partial charge in [0, 0.05) is 11.8 Å². The molecule has 1 unspecified atom stereocenters. The molecule has 0 spiro atoms. The van der Waals surface area contributed by atoms with Crippen molar-refractivity contribution in [3.05, 3.63) is 114 Å². The number of aromatic nitrogens is 1. The Kier molecular flexibility index (Phi) is 4.97. The molecule has 1 amide bonds. The maximum absolute atomic E-state index is 13.1. The van der Waals surface area contributed by atoms with Crippen LogP contribution in [-0.2, 0) is 0 Å². The van der Waals surface area contributed by atoms with Crippen LogP contribution in [-0.4, -0.2) is 10.9 Å². The van der Waals surface area contributed by atoms with E-state index in [9.17, 15) is 9.18 Å². The minimum absolute atomic E-state index is 0.177. The highest BCUT2D eigenvalue weighted by Crippen LogP contribution is 2.24. The van der Waals surface area contributed by atoms with Gasteiger partial charge in [0.1, 0.15) is 11.6 Å². The molecule has 1 atom stereocenters. The van der Waals surface area contributed by atoms with Crippen molar-refractivity contribution >= 4 is 5.91 Å². The van der Waals surface area contributed by atoms with Crippen LogP contribution < -0.4 is 5.32 Å². The predicted molar refractivity (Wildman–Crippen MR) is 104 cm³/mol. The third kappa shape index (κ3) is 3.83. The summed E-state index contributed by atoms with van der Waals surface area (Å²) in [7, 11) is 0. The zero-order chi connectivity index (χ0) is 19.3. The standard InChI is InChI=1S/C23H17FN2O2/c24-18-11-9-16(10-12-18)20-13-14-21(28-20)23(27)26-22(17-6-2-1-3-7-17)19-8-4-5-15-25-19/h1-15,22H,(H,26,27). The molecule has 28 heavy (non-hydrogen) atoms. The molecule has 4 aromatic rings. The monoisotopic (exact) mass is 372 g/mol. The van der Waals surface area contributed by atoms with Gasteiger partial charge in [0.15, 0.2) is 5.76 Å². The van der Waals surface area contributed by atoms with Gasteiger partial charge in [-0.05, 0) is 54.1 Å². The second kappa shape index (κ2) is 7.88. The molecular formula is C23H17FN2O2. The summed E-state index contributed by atoms with van der Waals surface area (Å²) in [5.41, 5.74) is 2.34. The maximum atomic E-state index is 13.1. The van der Waals surface area contributed by atoms with E-state index in [1.807, 2.05) is 48.5 Å². The van der Waals surface area contributed by atoms with Crippen LogP contribution >= 0.6 is 0 Å². The number of amides is 1. The number of carbonyl (C=O) groups is 1. The highest BCUT2D eigenvalue weighted by atomic mass is 19.1. The number of rotatable bonds is 5. The van der Waals surface area contributed by atoms with Crippen molar-refractivity contribution < 1.29 is 13.6 Å². The Morgan fingerprint density at radius 2 is 1.64 bits per heavy atom. The lowest BCUT2D eigenvalue weighted by Gasteiger charge is -2.18. The fraction of sp³-hybridized carbons (Fsp3) is 0.0435. The first-order chi connectivity index (χ1) is 13.7. The third-order valence-corrected chi connectivity index (χ3v) is 4.35. The van der Waals surface area contributed by atoms with Crippen LogP contribution in [0.2, 0.25) is 0 Å². The predicted octanol–water partition coefficient (Wildman–Crippen LogP) is 5.00. The molecule has 5 heteroatoms. The Labute approximate surface area is 161 Å². The first-order valence-corrected chi connectivity index (χ1v) is 8.83. The average molecular weight is 372 g/mol. The summed E-state index contributed by atoms with van der Waals surface area (Å²) in [6.07, 6.45) is 1.69. The Morgan fingerprint density at radius 1 is 0.893 bits per heavy atom. The Hall–Kier alpha value is -3.73. The van der Waals surface area contributed by atoms with Crippen molar-refractivity contribution in [2.75, 3.05) is 0 Å². The van der Waals surface area contributed by atoms with Gasteiger partial charge in [-0.1, -0.05) is 36.4 Å². The van der Waals surface area contributed by atoms with Gasteiger partial charge >= 0.3 is 0 Å². The van der Waals surface area contributed by atoms with Gasteiger partial charge in [-0.15, -0.1) is 0 Å². The van der Waals surface area contributed by atoms with E-state index in [1.165, 1.54) is 12.1 Å². The van der Waals surface area contributed by atoms with Crippen LogP contribution in [0.3, 0.4) is 0 Å². The minimum Gasteiger partial charge on any atom is -0.451 e.